The van der Waals surface area contributed by atoms with Crippen LogP contribution in [0.4, 0.5) is 0 Å². The lowest BCUT2D eigenvalue weighted by Crippen LogP contribution is -2.11. The molecule has 0 aliphatic carbocycles. The molecule has 0 fully saturated rings. The SMILES string of the molecule is CCCCC/C=C\C/C=C\C=C\[C@@H]1C=C[C@H](CCCC(=O)OC)O1. The Bertz CT molecular complexity index is 446. The molecule has 0 N–H and O–H groups in total. The van der Waals surface area contributed by atoms with Crippen LogP contribution in [0.2, 0.25) is 0 Å². The number of unbranched alkanes of at least 4 members (excludes halogenated alkanes) is 3. The second-order valence-corrected chi connectivity index (χ2v) is 6.01. The number of carbonyl (C=O) groups excluding carboxylic acids is 1. The van der Waals surface area contributed by atoms with Crippen LogP contribution in [-0.2, 0) is 14.3 Å². The van der Waals surface area contributed by atoms with Gasteiger partial charge in [-0.25, -0.2) is 0 Å². The molecule has 1 aliphatic rings. The number of carbonyl (C=O) groups is 1. The molecule has 0 saturated carbocycles. The third kappa shape index (κ3) is 10.2. The number of esters is 1. The van der Waals surface area contributed by atoms with Crippen LogP contribution in [0.5, 0.6) is 0 Å². The highest BCUT2D eigenvalue weighted by atomic mass is 16.5. The van der Waals surface area contributed by atoms with E-state index >= 15 is 0 Å². The Hall–Kier alpha value is -1.61. The monoisotopic (exact) mass is 332 g/mol. The highest BCUT2D eigenvalue weighted by Crippen LogP contribution is 2.17. The third-order valence-corrected chi connectivity index (χ3v) is 3.91. The van der Waals surface area contributed by atoms with Crippen LogP contribution in [0.1, 0.15) is 58.3 Å². The van der Waals surface area contributed by atoms with Crippen molar-refractivity contribution in [3.05, 3.63) is 48.6 Å². The van der Waals surface area contributed by atoms with Gasteiger partial charge in [0.2, 0.25) is 0 Å². The Balaban J connectivity index is 2.08. The summed E-state index contributed by atoms with van der Waals surface area (Å²) >= 11 is 0. The summed E-state index contributed by atoms with van der Waals surface area (Å²) in [6.45, 7) is 2.23. The summed E-state index contributed by atoms with van der Waals surface area (Å²) in [5, 5.41) is 0. The molecule has 0 aromatic rings. The second kappa shape index (κ2) is 13.8. The summed E-state index contributed by atoms with van der Waals surface area (Å²) in [6.07, 6.45) is 25.3. The van der Waals surface area contributed by atoms with Gasteiger partial charge in [-0.15, -0.1) is 0 Å². The van der Waals surface area contributed by atoms with Crippen molar-refractivity contribution in [2.24, 2.45) is 0 Å². The highest BCUT2D eigenvalue weighted by molar-refractivity contribution is 5.68. The summed E-state index contributed by atoms with van der Waals surface area (Å²) in [5.41, 5.74) is 0. The Morgan fingerprint density at radius 2 is 2.00 bits per heavy atom. The molecule has 24 heavy (non-hydrogen) atoms. The summed E-state index contributed by atoms with van der Waals surface area (Å²) in [7, 11) is 1.42. The van der Waals surface area contributed by atoms with Crippen LogP contribution in [0.3, 0.4) is 0 Å². The zero-order valence-corrected chi connectivity index (χ0v) is 15.2. The largest absolute Gasteiger partial charge is 0.469 e. The fourth-order valence-corrected chi connectivity index (χ4v) is 2.49. The third-order valence-electron chi connectivity index (χ3n) is 3.91. The van der Waals surface area contributed by atoms with Crippen molar-refractivity contribution in [2.75, 3.05) is 7.11 Å². The number of rotatable bonds is 12. The maximum absolute atomic E-state index is 11.1. The molecule has 3 nitrogen and oxygen atoms in total. The lowest BCUT2D eigenvalue weighted by atomic mass is 10.1. The molecule has 0 bridgehead atoms. The van der Waals surface area contributed by atoms with E-state index in [1.54, 1.807) is 0 Å². The number of ether oxygens (including phenoxy) is 2. The van der Waals surface area contributed by atoms with E-state index in [0.717, 1.165) is 19.3 Å². The average molecular weight is 332 g/mol. The van der Waals surface area contributed by atoms with Crippen LogP contribution in [-0.4, -0.2) is 25.3 Å². The first-order chi connectivity index (χ1) is 11.8. The molecule has 0 aromatic heterocycles. The molecule has 0 radical (unpaired) electrons. The van der Waals surface area contributed by atoms with Gasteiger partial charge >= 0.3 is 5.97 Å². The fourth-order valence-electron chi connectivity index (χ4n) is 2.49. The number of hydrogen-bond acceptors (Lipinski definition) is 3. The van der Waals surface area contributed by atoms with Gasteiger partial charge in [-0.3, -0.25) is 4.79 Å². The van der Waals surface area contributed by atoms with Crippen molar-refractivity contribution >= 4 is 5.97 Å². The van der Waals surface area contributed by atoms with Crippen molar-refractivity contribution in [1.29, 1.82) is 0 Å². The molecule has 1 rings (SSSR count). The summed E-state index contributed by atoms with van der Waals surface area (Å²) in [6, 6.07) is 0. The predicted octanol–water partition coefficient (Wildman–Crippen LogP) is 5.29. The Labute approximate surface area is 147 Å². The Morgan fingerprint density at radius 1 is 1.12 bits per heavy atom. The van der Waals surface area contributed by atoms with Crippen LogP contribution in [0, 0.1) is 0 Å². The maximum atomic E-state index is 11.1. The van der Waals surface area contributed by atoms with Crippen molar-refractivity contribution < 1.29 is 14.3 Å². The standard InChI is InChI=1S/C21H32O3/c1-3-4-5-6-7-8-9-10-11-12-14-19-17-18-20(24-19)15-13-16-21(22)23-2/h7-8,10-12,14,17-20H,3-6,9,13,15-16H2,1-2H3/b8-7-,11-10-,14-12+/t19-,20+/m1/s1. The van der Waals surface area contributed by atoms with E-state index in [-0.39, 0.29) is 18.2 Å². The van der Waals surface area contributed by atoms with E-state index < -0.39 is 0 Å². The molecule has 0 amide bonds. The van der Waals surface area contributed by atoms with Crippen molar-refractivity contribution in [3.8, 4) is 0 Å². The molecule has 1 heterocycles. The zero-order valence-electron chi connectivity index (χ0n) is 15.2. The predicted molar refractivity (Wildman–Crippen MR) is 99.8 cm³/mol. The molecular weight excluding hydrogens is 300 g/mol. The van der Waals surface area contributed by atoms with E-state index in [1.807, 2.05) is 6.08 Å². The summed E-state index contributed by atoms with van der Waals surface area (Å²) in [5.74, 6) is -0.155. The molecule has 0 aromatic carbocycles. The lowest BCUT2D eigenvalue weighted by Gasteiger charge is -2.10. The molecule has 0 saturated heterocycles. The number of hydrogen-bond donors (Lipinski definition) is 0. The molecular formula is C21H32O3. The molecule has 0 unspecified atom stereocenters. The molecule has 0 spiro atoms. The van der Waals surface area contributed by atoms with E-state index in [4.69, 9.17) is 4.74 Å². The van der Waals surface area contributed by atoms with Gasteiger partial charge < -0.3 is 9.47 Å². The van der Waals surface area contributed by atoms with Gasteiger partial charge in [-0.05, 0) is 32.1 Å². The Kier molecular flexibility index (Phi) is 11.7. The minimum absolute atomic E-state index is 0.0439. The second-order valence-electron chi connectivity index (χ2n) is 6.01. The van der Waals surface area contributed by atoms with Gasteiger partial charge in [-0.1, -0.05) is 68.4 Å². The van der Waals surface area contributed by atoms with E-state index in [9.17, 15) is 4.79 Å². The summed E-state index contributed by atoms with van der Waals surface area (Å²) in [4.78, 5) is 11.1. The van der Waals surface area contributed by atoms with Gasteiger partial charge in [0, 0.05) is 6.42 Å². The van der Waals surface area contributed by atoms with Gasteiger partial charge in [0.05, 0.1) is 19.3 Å². The highest BCUT2D eigenvalue weighted by Gasteiger charge is 2.16. The number of methoxy groups -OCH3 is 1. The van der Waals surface area contributed by atoms with E-state index in [2.05, 4.69) is 54.2 Å². The minimum Gasteiger partial charge on any atom is -0.469 e. The smallest absolute Gasteiger partial charge is 0.305 e. The van der Waals surface area contributed by atoms with Crippen LogP contribution >= 0.6 is 0 Å². The first kappa shape index (κ1) is 20.4. The van der Waals surface area contributed by atoms with Crippen LogP contribution in [0.15, 0.2) is 48.6 Å². The zero-order chi connectivity index (χ0) is 17.5. The molecule has 1 aliphatic heterocycles. The van der Waals surface area contributed by atoms with Gasteiger partial charge in [0.1, 0.15) is 0 Å². The van der Waals surface area contributed by atoms with Crippen molar-refractivity contribution in [1.82, 2.24) is 0 Å². The maximum Gasteiger partial charge on any atom is 0.305 e. The van der Waals surface area contributed by atoms with Crippen LogP contribution in [0.25, 0.3) is 0 Å². The quantitative estimate of drug-likeness (QED) is 0.211. The Morgan fingerprint density at radius 3 is 2.79 bits per heavy atom. The van der Waals surface area contributed by atoms with Crippen molar-refractivity contribution in [2.45, 2.75) is 70.5 Å². The van der Waals surface area contributed by atoms with Gasteiger partial charge in [0.25, 0.3) is 0 Å². The van der Waals surface area contributed by atoms with Gasteiger partial charge in [0.15, 0.2) is 0 Å². The van der Waals surface area contributed by atoms with Gasteiger partial charge in [-0.2, -0.15) is 0 Å². The van der Waals surface area contributed by atoms with E-state index in [0.29, 0.717) is 6.42 Å². The topological polar surface area (TPSA) is 35.5 Å². The van der Waals surface area contributed by atoms with Crippen molar-refractivity contribution in [3.63, 3.8) is 0 Å². The normalized spacial score (nSPS) is 20.8. The average Bonchev–Trinajstić information content (AvgIpc) is 3.04. The first-order valence-corrected chi connectivity index (χ1v) is 9.15. The first-order valence-electron chi connectivity index (χ1n) is 9.15. The lowest BCUT2D eigenvalue weighted by molar-refractivity contribution is -0.140. The molecule has 3 heteroatoms. The minimum atomic E-state index is -0.155. The van der Waals surface area contributed by atoms with Crippen LogP contribution < -0.4 is 0 Å². The summed E-state index contributed by atoms with van der Waals surface area (Å²) < 4.78 is 10.5. The number of allylic oxidation sites excluding steroid dienone is 5. The van der Waals surface area contributed by atoms with E-state index in [1.165, 1.54) is 32.8 Å². The fraction of sp³-hybridized carbons (Fsp3) is 0.571. The molecule has 134 valence electrons. The molecule has 2 atom stereocenters.